The maximum Gasteiger partial charge on any atom is 0.279 e. The largest absolute Gasteiger partial charge is 0.330 e. The van der Waals surface area contributed by atoms with Crippen molar-refractivity contribution in [1.29, 1.82) is 0 Å². The van der Waals surface area contributed by atoms with Crippen LogP contribution in [0.3, 0.4) is 0 Å². The van der Waals surface area contributed by atoms with Crippen molar-refractivity contribution in [2.24, 2.45) is 0 Å². The number of quaternary nitrogens is 1. The van der Waals surface area contributed by atoms with Gasteiger partial charge in [0.05, 0.1) is 26.2 Å². The van der Waals surface area contributed by atoms with Crippen molar-refractivity contribution in [1.82, 2.24) is 9.97 Å². The molecule has 0 bridgehead atoms. The van der Waals surface area contributed by atoms with Crippen LogP contribution in [-0.2, 0) is 4.79 Å². The van der Waals surface area contributed by atoms with Crippen molar-refractivity contribution in [3.63, 3.8) is 0 Å². The Bertz CT molecular complexity index is 891. The van der Waals surface area contributed by atoms with Gasteiger partial charge in [-0.25, -0.2) is 9.97 Å². The molecule has 2 N–H and O–H groups in total. The Morgan fingerprint density at radius 3 is 2.21 bits per heavy atom. The first kappa shape index (κ1) is 18.1. The highest BCUT2D eigenvalue weighted by Gasteiger charge is 2.23. The van der Waals surface area contributed by atoms with E-state index in [1.165, 1.54) is 10.5 Å². The van der Waals surface area contributed by atoms with Crippen molar-refractivity contribution in [3.05, 3.63) is 73.1 Å². The van der Waals surface area contributed by atoms with Gasteiger partial charge >= 0.3 is 0 Å². The van der Waals surface area contributed by atoms with Gasteiger partial charge in [0.1, 0.15) is 0 Å². The Morgan fingerprint density at radius 2 is 1.54 bits per heavy atom. The molecule has 2 aromatic carbocycles. The molecule has 1 saturated heterocycles. The van der Waals surface area contributed by atoms with Gasteiger partial charge in [0.25, 0.3) is 5.91 Å². The van der Waals surface area contributed by atoms with Crippen LogP contribution < -0.4 is 15.1 Å². The molecular weight excluding hydrogens is 350 g/mol. The van der Waals surface area contributed by atoms with Crippen LogP contribution in [0.15, 0.2) is 73.1 Å². The summed E-state index contributed by atoms with van der Waals surface area (Å²) in [6, 6.07) is 20.0. The zero-order valence-corrected chi connectivity index (χ0v) is 15.7. The van der Waals surface area contributed by atoms with Crippen LogP contribution in [0.4, 0.5) is 11.6 Å². The molecule has 0 unspecified atom stereocenters. The zero-order valence-electron chi connectivity index (χ0n) is 15.7. The van der Waals surface area contributed by atoms with Gasteiger partial charge in [0.15, 0.2) is 6.54 Å². The molecule has 1 aliphatic rings. The lowest BCUT2D eigenvalue weighted by molar-refractivity contribution is -0.892. The lowest BCUT2D eigenvalue weighted by Crippen LogP contribution is -3.15. The van der Waals surface area contributed by atoms with Crippen LogP contribution in [0.5, 0.6) is 0 Å². The van der Waals surface area contributed by atoms with Gasteiger partial charge in [-0.05, 0) is 29.3 Å². The Hall–Kier alpha value is -3.25. The Balaban J connectivity index is 1.27. The second kappa shape index (κ2) is 8.63. The van der Waals surface area contributed by atoms with Crippen LogP contribution in [0.25, 0.3) is 11.1 Å². The molecule has 0 aliphatic carbocycles. The molecule has 3 aromatic rings. The van der Waals surface area contributed by atoms with Gasteiger partial charge in [0, 0.05) is 18.1 Å². The number of nitrogens with zero attached hydrogens (tertiary/aromatic N) is 3. The summed E-state index contributed by atoms with van der Waals surface area (Å²) in [4.78, 5) is 24.5. The Kier molecular flexibility index (Phi) is 5.58. The maximum atomic E-state index is 12.4. The smallest absolute Gasteiger partial charge is 0.279 e. The third-order valence-electron chi connectivity index (χ3n) is 4.99. The molecule has 6 heteroatoms. The third-order valence-corrected chi connectivity index (χ3v) is 4.99. The van der Waals surface area contributed by atoms with Gasteiger partial charge in [0.2, 0.25) is 5.95 Å². The van der Waals surface area contributed by atoms with Gasteiger partial charge in [-0.1, -0.05) is 42.5 Å². The maximum absolute atomic E-state index is 12.4. The lowest BCUT2D eigenvalue weighted by atomic mass is 10.1. The number of benzene rings is 2. The zero-order chi connectivity index (χ0) is 19.2. The number of amides is 1. The standard InChI is InChI=1S/C22H23N5O/c28-21(17-26-13-15-27(16-14-26)22-23-11-4-12-24-22)25-20-9-7-19(8-10-20)18-5-2-1-3-6-18/h1-12H,13-17H2,(H,25,28)/p+1. The van der Waals surface area contributed by atoms with E-state index >= 15 is 0 Å². The summed E-state index contributed by atoms with van der Waals surface area (Å²) >= 11 is 0. The van der Waals surface area contributed by atoms with Crippen molar-refractivity contribution < 1.29 is 9.69 Å². The molecule has 6 nitrogen and oxygen atoms in total. The Labute approximate surface area is 164 Å². The van der Waals surface area contributed by atoms with Crippen LogP contribution in [0.2, 0.25) is 0 Å². The quantitative estimate of drug-likeness (QED) is 0.710. The minimum atomic E-state index is 0.0480. The highest BCUT2D eigenvalue weighted by molar-refractivity contribution is 5.91. The van der Waals surface area contributed by atoms with E-state index in [0.29, 0.717) is 6.54 Å². The predicted octanol–water partition coefficient (Wildman–Crippen LogP) is 1.49. The molecule has 1 fully saturated rings. The van der Waals surface area contributed by atoms with E-state index in [2.05, 4.69) is 32.3 Å². The van der Waals surface area contributed by atoms with Gasteiger partial charge in [-0.3, -0.25) is 4.79 Å². The first-order valence-corrected chi connectivity index (χ1v) is 9.59. The lowest BCUT2D eigenvalue weighted by Gasteiger charge is -2.31. The molecule has 142 valence electrons. The topological polar surface area (TPSA) is 62.6 Å². The second-order valence-electron chi connectivity index (χ2n) is 6.95. The highest BCUT2D eigenvalue weighted by Crippen LogP contribution is 2.20. The van der Waals surface area contributed by atoms with Crippen LogP contribution >= 0.6 is 0 Å². The molecule has 4 rings (SSSR count). The number of rotatable bonds is 5. The number of hydrogen-bond acceptors (Lipinski definition) is 4. The van der Waals surface area contributed by atoms with Crippen LogP contribution in [-0.4, -0.2) is 48.6 Å². The van der Waals surface area contributed by atoms with E-state index in [1.54, 1.807) is 12.4 Å². The average Bonchev–Trinajstić information content (AvgIpc) is 2.76. The van der Waals surface area contributed by atoms with Gasteiger partial charge in [-0.2, -0.15) is 0 Å². The van der Waals surface area contributed by atoms with E-state index in [4.69, 9.17) is 0 Å². The number of piperazine rings is 1. The second-order valence-corrected chi connectivity index (χ2v) is 6.95. The molecule has 1 aromatic heterocycles. The molecule has 1 amide bonds. The van der Waals surface area contributed by atoms with Crippen LogP contribution in [0.1, 0.15) is 0 Å². The monoisotopic (exact) mass is 374 g/mol. The molecule has 0 radical (unpaired) electrons. The van der Waals surface area contributed by atoms with Crippen LogP contribution in [0, 0.1) is 0 Å². The summed E-state index contributed by atoms with van der Waals surface area (Å²) in [5, 5.41) is 3.01. The van der Waals surface area contributed by atoms with Gasteiger partial charge in [-0.15, -0.1) is 0 Å². The van der Waals surface area contributed by atoms with E-state index in [1.807, 2.05) is 48.5 Å². The summed E-state index contributed by atoms with van der Waals surface area (Å²) in [6.45, 7) is 4.00. The van der Waals surface area contributed by atoms with E-state index in [9.17, 15) is 4.79 Å². The fraction of sp³-hybridized carbons (Fsp3) is 0.227. The summed E-state index contributed by atoms with van der Waals surface area (Å²) in [5.41, 5.74) is 3.15. The fourth-order valence-corrected chi connectivity index (χ4v) is 3.46. The molecule has 1 aliphatic heterocycles. The number of anilines is 2. The number of hydrogen-bond donors (Lipinski definition) is 2. The van der Waals surface area contributed by atoms with Gasteiger partial charge < -0.3 is 15.1 Å². The Morgan fingerprint density at radius 1 is 0.893 bits per heavy atom. The summed E-state index contributed by atoms with van der Waals surface area (Å²) in [7, 11) is 0. The molecule has 28 heavy (non-hydrogen) atoms. The fourth-order valence-electron chi connectivity index (χ4n) is 3.46. The van der Waals surface area contributed by atoms with Crippen molar-refractivity contribution in [3.8, 4) is 11.1 Å². The average molecular weight is 374 g/mol. The van der Waals surface area contributed by atoms with Crippen molar-refractivity contribution in [2.45, 2.75) is 0 Å². The number of carbonyl (C=O) groups is 1. The number of carbonyl (C=O) groups excluding carboxylic acids is 1. The van der Waals surface area contributed by atoms with E-state index in [0.717, 1.165) is 43.4 Å². The summed E-state index contributed by atoms with van der Waals surface area (Å²) in [6.07, 6.45) is 3.52. The van der Waals surface area contributed by atoms with E-state index in [-0.39, 0.29) is 5.91 Å². The SMILES string of the molecule is O=C(C[NH+]1CCN(c2ncccn2)CC1)Nc1ccc(-c2ccccc2)cc1. The first-order valence-electron chi connectivity index (χ1n) is 9.59. The van der Waals surface area contributed by atoms with E-state index < -0.39 is 0 Å². The minimum absolute atomic E-state index is 0.0480. The third kappa shape index (κ3) is 4.53. The number of nitrogens with one attached hydrogen (secondary N) is 2. The molecule has 0 spiro atoms. The normalized spacial score (nSPS) is 14.6. The summed E-state index contributed by atoms with van der Waals surface area (Å²) < 4.78 is 0. The molecular formula is C22H24N5O+. The number of aromatic nitrogens is 2. The molecule has 0 saturated carbocycles. The highest BCUT2D eigenvalue weighted by atomic mass is 16.2. The first-order chi connectivity index (χ1) is 13.8. The van der Waals surface area contributed by atoms with Crippen molar-refractivity contribution >= 4 is 17.5 Å². The molecule has 0 atom stereocenters. The molecule has 2 heterocycles. The van der Waals surface area contributed by atoms with Crippen molar-refractivity contribution in [2.75, 3.05) is 42.9 Å². The predicted molar refractivity (Wildman–Crippen MR) is 110 cm³/mol. The minimum Gasteiger partial charge on any atom is -0.330 e. The summed E-state index contributed by atoms with van der Waals surface area (Å²) in [5.74, 6) is 0.816.